The van der Waals surface area contributed by atoms with Gasteiger partial charge < -0.3 is 9.47 Å². The number of carbonyl (C=O) groups is 2. The van der Waals surface area contributed by atoms with E-state index in [2.05, 4.69) is 4.74 Å². The maximum absolute atomic E-state index is 13.6. The molecule has 0 bridgehead atoms. The Hall–Kier alpha value is -2.93. The highest BCUT2D eigenvalue weighted by Gasteiger charge is 2.20. The maximum Gasteiger partial charge on any atom is 0.341 e. The predicted octanol–water partition coefficient (Wildman–Crippen LogP) is 3.54. The molecule has 0 fully saturated rings. The van der Waals surface area contributed by atoms with Gasteiger partial charge in [-0.25, -0.2) is 18.0 Å². The average Bonchev–Trinajstić information content (AvgIpc) is 2.63. The van der Waals surface area contributed by atoms with Crippen molar-refractivity contribution in [3.63, 3.8) is 0 Å². The van der Waals surface area contributed by atoms with Crippen LogP contribution < -0.4 is 0 Å². The Kier molecular flexibility index (Phi) is 6.30. The van der Waals surface area contributed by atoms with E-state index < -0.39 is 29.2 Å². The van der Waals surface area contributed by atoms with Crippen LogP contribution in [0, 0.1) is 17.5 Å². The lowest BCUT2D eigenvalue weighted by Crippen LogP contribution is -2.18. The number of esters is 1. The topological polar surface area (TPSA) is 52.6 Å². The highest BCUT2D eigenvalue weighted by molar-refractivity contribution is 6.21. The van der Waals surface area contributed by atoms with E-state index in [9.17, 15) is 22.8 Å². The van der Waals surface area contributed by atoms with Crippen molar-refractivity contribution in [3.05, 3.63) is 65.0 Å². The van der Waals surface area contributed by atoms with E-state index in [4.69, 9.17) is 4.74 Å². The summed E-state index contributed by atoms with van der Waals surface area (Å²) in [5, 5.41) is 0. The van der Waals surface area contributed by atoms with Crippen molar-refractivity contribution >= 4 is 17.8 Å². The number of methoxy groups -OCH3 is 2. The van der Waals surface area contributed by atoms with Crippen molar-refractivity contribution in [2.75, 3.05) is 20.8 Å². The van der Waals surface area contributed by atoms with E-state index in [1.54, 1.807) is 12.1 Å². The third-order valence-electron chi connectivity index (χ3n) is 3.54. The van der Waals surface area contributed by atoms with Crippen molar-refractivity contribution in [2.45, 2.75) is 0 Å². The van der Waals surface area contributed by atoms with Gasteiger partial charge in [0.15, 0.2) is 23.2 Å². The highest BCUT2D eigenvalue weighted by Crippen LogP contribution is 2.28. The summed E-state index contributed by atoms with van der Waals surface area (Å²) >= 11 is 0. The monoisotopic (exact) mass is 364 g/mol. The molecule has 0 spiro atoms. The Morgan fingerprint density at radius 1 is 1.04 bits per heavy atom. The lowest BCUT2D eigenvalue weighted by molar-refractivity contribution is -0.138. The zero-order valence-corrected chi connectivity index (χ0v) is 14.0. The van der Waals surface area contributed by atoms with Crippen molar-refractivity contribution in [1.82, 2.24) is 0 Å². The third kappa shape index (κ3) is 4.18. The minimum atomic E-state index is -1.58. The van der Waals surface area contributed by atoms with Crippen LogP contribution in [0.2, 0.25) is 0 Å². The number of Topliss-reactive ketones (excluding diaryl/α,β-unsaturated/α-hetero) is 1. The fourth-order valence-corrected chi connectivity index (χ4v) is 2.32. The molecule has 0 atom stereocenters. The molecule has 2 aromatic rings. The zero-order valence-electron chi connectivity index (χ0n) is 14.0. The van der Waals surface area contributed by atoms with Crippen LogP contribution in [0.3, 0.4) is 0 Å². The number of benzene rings is 2. The van der Waals surface area contributed by atoms with Crippen molar-refractivity contribution in [1.29, 1.82) is 0 Å². The van der Waals surface area contributed by atoms with Gasteiger partial charge in [0.2, 0.25) is 0 Å². The summed E-state index contributed by atoms with van der Waals surface area (Å²) in [4.78, 5) is 24.0. The van der Waals surface area contributed by atoms with Crippen LogP contribution in [0.4, 0.5) is 13.2 Å². The molecule has 4 nitrogen and oxygen atoms in total. The maximum atomic E-state index is 13.6. The lowest BCUT2D eigenvalue weighted by atomic mass is 9.97. The molecule has 7 heteroatoms. The van der Waals surface area contributed by atoms with Crippen LogP contribution in [0.15, 0.2) is 42.0 Å². The first-order chi connectivity index (χ1) is 12.4. The van der Waals surface area contributed by atoms with Gasteiger partial charge in [-0.05, 0) is 34.9 Å². The first kappa shape index (κ1) is 19.4. The quantitative estimate of drug-likeness (QED) is 0.259. The van der Waals surface area contributed by atoms with Gasteiger partial charge in [0, 0.05) is 7.11 Å². The van der Waals surface area contributed by atoms with Crippen molar-refractivity contribution in [3.8, 4) is 11.1 Å². The average molecular weight is 364 g/mol. The van der Waals surface area contributed by atoms with Gasteiger partial charge in [0.1, 0.15) is 12.2 Å². The van der Waals surface area contributed by atoms with E-state index in [-0.39, 0.29) is 17.7 Å². The van der Waals surface area contributed by atoms with Crippen LogP contribution in [0.25, 0.3) is 17.2 Å². The summed E-state index contributed by atoms with van der Waals surface area (Å²) in [5.41, 5.74) is 0.390. The number of rotatable bonds is 6. The first-order valence-electron chi connectivity index (χ1n) is 7.45. The number of ketones is 1. The summed E-state index contributed by atoms with van der Waals surface area (Å²) in [6.45, 7) is -0.344. The Morgan fingerprint density at radius 2 is 1.65 bits per heavy atom. The number of halogens is 3. The normalized spacial score (nSPS) is 11.3. The van der Waals surface area contributed by atoms with Crippen molar-refractivity contribution < 1.29 is 32.2 Å². The standard InChI is InChI=1S/C19H15F3O4/c1-25-10-17(23)14(19(24)26-2)7-11-5-3-4-6-13(11)12-8-15(20)18(22)16(21)9-12/h3-9H,10H2,1-2H3. The fraction of sp³-hybridized carbons (Fsp3) is 0.158. The van der Waals surface area contributed by atoms with Gasteiger partial charge in [-0.3, -0.25) is 4.79 Å². The summed E-state index contributed by atoms with van der Waals surface area (Å²) in [5.74, 6) is -5.76. The van der Waals surface area contributed by atoms with E-state index in [0.29, 0.717) is 11.1 Å². The number of carbonyl (C=O) groups excluding carboxylic acids is 2. The van der Waals surface area contributed by atoms with E-state index in [0.717, 1.165) is 19.2 Å². The Labute approximate surface area is 147 Å². The fourth-order valence-electron chi connectivity index (χ4n) is 2.32. The van der Waals surface area contributed by atoms with Gasteiger partial charge in [-0.15, -0.1) is 0 Å². The molecule has 0 aliphatic carbocycles. The van der Waals surface area contributed by atoms with Gasteiger partial charge in [-0.2, -0.15) is 0 Å². The van der Waals surface area contributed by atoms with Crippen molar-refractivity contribution in [2.24, 2.45) is 0 Å². The summed E-state index contributed by atoms with van der Waals surface area (Å²) in [6, 6.07) is 7.94. The van der Waals surface area contributed by atoms with Gasteiger partial charge >= 0.3 is 5.97 Å². The highest BCUT2D eigenvalue weighted by atomic mass is 19.2. The van der Waals surface area contributed by atoms with Crippen LogP contribution in [0.5, 0.6) is 0 Å². The molecule has 2 aromatic carbocycles. The van der Waals surface area contributed by atoms with Crippen LogP contribution in [-0.4, -0.2) is 32.6 Å². The summed E-state index contributed by atoms with van der Waals surface area (Å²) in [6.07, 6.45) is 1.24. The van der Waals surface area contributed by atoms with Gasteiger partial charge in [0.05, 0.1) is 7.11 Å². The molecular formula is C19H15F3O4. The smallest absolute Gasteiger partial charge is 0.341 e. The molecule has 2 rings (SSSR count). The number of ether oxygens (including phenoxy) is 2. The Balaban J connectivity index is 2.61. The molecule has 0 aliphatic rings. The van der Waals surface area contributed by atoms with E-state index in [1.807, 2.05) is 0 Å². The van der Waals surface area contributed by atoms with Crippen LogP contribution in [-0.2, 0) is 19.1 Å². The molecule has 0 saturated carbocycles. The molecule has 0 unspecified atom stereocenters. The number of hydrogen-bond donors (Lipinski definition) is 0. The molecule has 0 N–H and O–H groups in total. The molecule has 26 heavy (non-hydrogen) atoms. The van der Waals surface area contributed by atoms with Crippen LogP contribution in [0.1, 0.15) is 5.56 Å². The molecule has 0 heterocycles. The molecule has 0 saturated heterocycles. The minimum absolute atomic E-state index is 0.0525. The van der Waals surface area contributed by atoms with E-state index in [1.165, 1.54) is 25.3 Å². The summed E-state index contributed by atoms with van der Waals surface area (Å²) in [7, 11) is 2.41. The predicted molar refractivity (Wildman–Crippen MR) is 88.6 cm³/mol. The Bertz CT molecular complexity index is 852. The lowest BCUT2D eigenvalue weighted by Gasteiger charge is -2.10. The van der Waals surface area contributed by atoms with Crippen LogP contribution >= 0.6 is 0 Å². The number of hydrogen-bond acceptors (Lipinski definition) is 4. The molecule has 0 aliphatic heterocycles. The molecule has 0 aromatic heterocycles. The zero-order chi connectivity index (χ0) is 19.3. The second-order valence-corrected chi connectivity index (χ2v) is 5.25. The van der Waals surface area contributed by atoms with E-state index >= 15 is 0 Å². The largest absolute Gasteiger partial charge is 0.465 e. The molecule has 0 radical (unpaired) electrons. The Morgan fingerprint density at radius 3 is 2.23 bits per heavy atom. The summed E-state index contributed by atoms with van der Waals surface area (Å²) < 4.78 is 49.6. The third-order valence-corrected chi connectivity index (χ3v) is 3.54. The van der Waals surface area contributed by atoms with Gasteiger partial charge in [-0.1, -0.05) is 24.3 Å². The molecule has 136 valence electrons. The first-order valence-corrected chi connectivity index (χ1v) is 7.45. The second-order valence-electron chi connectivity index (χ2n) is 5.25. The molecule has 0 amide bonds. The van der Waals surface area contributed by atoms with Gasteiger partial charge in [0.25, 0.3) is 0 Å². The second kappa shape index (κ2) is 8.44. The minimum Gasteiger partial charge on any atom is -0.465 e. The SMILES string of the molecule is COCC(=O)C(=Cc1ccccc1-c1cc(F)c(F)c(F)c1)C(=O)OC. The molecular weight excluding hydrogens is 349 g/mol.